The van der Waals surface area contributed by atoms with Crippen molar-refractivity contribution in [1.82, 2.24) is 19.7 Å². The maximum absolute atomic E-state index is 12.5. The number of aromatic nitrogens is 4. The number of ether oxygens (including phenoxy) is 1. The normalized spacial score (nSPS) is 10.8. The van der Waals surface area contributed by atoms with Crippen molar-refractivity contribution in [2.45, 2.75) is 31.5 Å². The first-order chi connectivity index (χ1) is 17.5. The number of nitrogens with zero attached hydrogens (tertiary/aromatic N) is 4. The van der Waals surface area contributed by atoms with Crippen molar-refractivity contribution in [2.24, 2.45) is 0 Å². The number of amides is 1. The Hall–Kier alpha value is -3.14. The summed E-state index contributed by atoms with van der Waals surface area (Å²) in [4.78, 5) is 17.0. The number of carbonyl (C=O) groups excluding carboxylic acids is 1. The summed E-state index contributed by atoms with van der Waals surface area (Å²) in [6.45, 7) is 6.93. The van der Waals surface area contributed by atoms with Gasteiger partial charge in [0.05, 0.1) is 18.1 Å². The quantitative estimate of drug-likeness (QED) is 0.129. The van der Waals surface area contributed by atoms with Gasteiger partial charge < -0.3 is 14.6 Å². The van der Waals surface area contributed by atoms with Gasteiger partial charge in [-0.3, -0.25) is 4.79 Å². The van der Waals surface area contributed by atoms with Gasteiger partial charge in [0.25, 0.3) is 0 Å². The number of nitrogens with one attached hydrogen (secondary N) is 1. The number of thioether (sulfide) groups is 1. The van der Waals surface area contributed by atoms with Gasteiger partial charge in [0.1, 0.15) is 11.6 Å². The molecule has 1 amide bonds. The maximum atomic E-state index is 12.5. The van der Waals surface area contributed by atoms with Crippen LogP contribution in [0.2, 0.25) is 5.02 Å². The lowest BCUT2D eigenvalue weighted by Gasteiger charge is -2.10. The van der Waals surface area contributed by atoms with E-state index in [4.69, 9.17) is 16.3 Å². The molecule has 186 valence electrons. The van der Waals surface area contributed by atoms with E-state index >= 15 is 0 Å². The van der Waals surface area contributed by atoms with Crippen LogP contribution in [-0.4, -0.2) is 38.0 Å². The van der Waals surface area contributed by atoms with Crippen molar-refractivity contribution in [1.29, 1.82) is 0 Å². The van der Waals surface area contributed by atoms with E-state index in [1.165, 1.54) is 23.1 Å². The summed E-state index contributed by atoms with van der Waals surface area (Å²) < 4.78 is 7.87. The minimum Gasteiger partial charge on any atom is -0.493 e. The molecule has 0 aliphatic rings. The van der Waals surface area contributed by atoms with Crippen LogP contribution in [0.5, 0.6) is 5.75 Å². The molecule has 0 bridgehead atoms. The van der Waals surface area contributed by atoms with E-state index in [9.17, 15) is 4.79 Å². The summed E-state index contributed by atoms with van der Waals surface area (Å²) in [7, 11) is 0. The Morgan fingerprint density at radius 2 is 2.08 bits per heavy atom. The maximum Gasteiger partial charge on any atom is 0.236 e. The number of allylic oxidation sites excluding steroid dienone is 1. The zero-order valence-electron chi connectivity index (χ0n) is 19.8. The standard InChI is InChI=1S/C26H26ClN5O2S2/c1-3-13-32-23(10-7-14-34-22-12-11-20(27)15-18(22)2)30-31-26(32)36-17-24(33)29-25-28-21(16-35-25)19-8-5-4-6-9-19/h3-6,8-9,11-12,15-16H,1,7,10,13-14,17H2,2H3,(H,28,29,33). The highest BCUT2D eigenvalue weighted by molar-refractivity contribution is 7.99. The number of hydrogen-bond donors (Lipinski definition) is 1. The molecule has 2 heterocycles. The second-order valence-electron chi connectivity index (χ2n) is 7.90. The van der Waals surface area contributed by atoms with Crippen molar-refractivity contribution in [3.8, 4) is 17.0 Å². The molecule has 0 atom stereocenters. The first kappa shape index (κ1) is 25.9. The Balaban J connectivity index is 1.28. The average Bonchev–Trinajstić information content (AvgIpc) is 3.49. The third-order valence-electron chi connectivity index (χ3n) is 5.20. The predicted octanol–water partition coefficient (Wildman–Crippen LogP) is 6.29. The first-order valence-electron chi connectivity index (χ1n) is 11.4. The third kappa shape index (κ3) is 6.96. The summed E-state index contributed by atoms with van der Waals surface area (Å²) >= 11 is 8.75. The smallest absolute Gasteiger partial charge is 0.236 e. The zero-order valence-corrected chi connectivity index (χ0v) is 22.2. The van der Waals surface area contributed by atoms with E-state index in [0.717, 1.165) is 34.8 Å². The molecule has 0 aliphatic carbocycles. The molecule has 36 heavy (non-hydrogen) atoms. The van der Waals surface area contributed by atoms with E-state index < -0.39 is 0 Å². The zero-order chi connectivity index (χ0) is 25.3. The Labute approximate surface area is 223 Å². The molecule has 4 aromatic rings. The molecule has 0 saturated carbocycles. The van der Waals surface area contributed by atoms with Crippen LogP contribution in [0.4, 0.5) is 5.13 Å². The van der Waals surface area contributed by atoms with Crippen molar-refractivity contribution < 1.29 is 9.53 Å². The molecular weight excluding hydrogens is 514 g/mol. The minimum atomic E-state index is -0.143. The van der Waals surface area contributed by atoms with Gasteiger partial charge in [0, 0.05) is 28.9 Å². The Morgan fingerprint density at radius 1 is 1.25 bits per heavy atom. The molecule has 2 aromatic carbocycles. The molecule has 4 rings (SSSR count). The monoisotopic (exact) mass is 539 g/mol. The van der Waals surface area contributed by atoms with Crippen LogP contribution in [0.3, 0.4) is 0 Å². The molecule has 10 heteroatoms. The third-order valence-corrected chi connectivity index (χ3v) is 7.16. The van der Waals surface area contributed by atoms with Crippen LogP contribution >= 0.6 is 34.7 Å². The van der Waals surface area contributed by atoms with E-state index in [-0.39, 0.29) is 11.7 Å². The van der Waals surface area contributed by atoms with Gasteiger partial charge in [0.15, 0.2) is 10.3 Å². The van der Waals surface area contributed by atoms with Crippen LogP contribution < -0.4 is 10.1 Å². The lowest BCUT2D eigenvalue weighted by Crippen LogP contribution is -2.14. The predicted molar refractivity (Wildman–Crippen MR) is 147 cm³/mol. The summed E-state index contributed by atoms with van der Waals surface area (Å²) in [5, 5.41) is 15.4. The van der Waals surface area contributed by atoms with Gasteiger partial charge in [0.2, 0.25) is 5.91 Å². The number of benzene rings is 2. The fourth-order valence-electron chi connectivity index (χ4n) is 3.47. The largest absolute Gasteiger partial charge is 0.493 e. The number of halogens is 1. The second kappa shape index (κ2) is 12.7. The van der Waals surface area contributed by atoms with Gasteiger partial charge >= 0.3 is 0 Å². The summed E-state index contributed by atoms with van der Waals surface area (Å²) in [6.07, 6.45) is 3.27. The van der Waals surface area contributed by atoms with Crippen LogP contribution in [-0.2, 0) is 17.8 Å². The fourth-order valence-corrected chi connectivity index (χ4v) is 5.20. The SMILES string of the molecule is C=CCn1c(CCCOc2ccc(Cl)cc2C)nnc1SCC(=O)Nc1nc(-c2ccccc2)cs1. The van der Waals surface area contributed by atoms with Crippen molar-refractivity contribution in [2.75, 3.05) is 17.7 Å². The van der Waals surface area contributed by atoms with E-state index in [2.05, 4.69) is 27.1 Å². The molecule has 0 spiro atoms. The van der Waals surface area contributed by atoms with Gasteiger partial charge in [-0.25, -0.2) is 4.98 Å². The lowest BCUT2D eigenvalue weighted by atomic mass is 10.2. The number of anilines is 1. The molecule has 1 N–H and O–H groups in total. The Bertz CT molecular complexity index is 1320. The fraction of sp³-hybridized carbons (Fsp3) is 0.231. The average molecular weight is 540 g/mol. The van der Waals surface area contributed by atoms with Crippen LogP contribution in [0, 0.1) is 6.92 Å². The van der Waals surface area contributed by atoms with Crippen LogP contribution in [0.1, 0.15) is 17.8 Å². The van der Waals surface area contributed by atoms with Gasteiger partial charge in [-0.1, -0.05) is 59.8 Å². The lowest BCUT2D eigenvalue weighted by molar-refractivity contribution is -0.113. The van der Waals surface area contributed by atoms with Crippen molar-refractivity contribution in [3.05, 3.63) is 83.0 Å². The minimum absolute atomic E-state index is 0.143. The topological polar surface area (TPSA) is 81.9 Å². The molecule has 0 saturated heterocycles. The number of aryl methyl sites for hydroxylation is 2. The molecular formula is C26H26ClN5O2S2. The number of thiazole rings is 1. The number of carbonyl (C=O) groups is 1. The summed E-state index contributed by atoms with van der Waals surface area (Å²) in [5.74, 6) is 1.72. The molecule has 0 aliphatic heterocycles. The van der Waals surface area contributed by atoms with Crippen LogP contribution in [0.15, 0.2) is 71.7 Å². The van der Waals surface area contributed by atoms with Crippen molar-refractivity contribution in [3.63, 3.8) is 0 Å². The van der Waals surface area contributed by atoms with Gasteiger partial charge in [-0.2, -0.15) is 0 Å². The van der Waals surface area contributed by atoms with E-state index in [0.29, 0.717) is 34.9 Å². The van der Waals surface area contributed by atoms with Crippen LogP contribution in [0.25, 0.3) is 11.3 Å². The Kier molecular flexibility index (Phi) is 9.16. The van der Waals surface area contributed by atoms with E-state index in [1.807, 2.05) is 65.4 Å². The molecule has 0 radical (unpaired) electrons. The molecule has 2 aromatic heterocycles. The van der Waals surface area contributed by atoms with Gasteiger partial charge in [-0.05, 0) is 37.1 Å². The van der Waals surface area contributed by atoms with E-state index in [1.54, 1.807) is 6.08 Å². The first-order valence-corrected chi connectivity index (χ1v) is 13.6. The van der Waals surface area contributed by atoms with Crippen molar-refractivity contribution >= 4 is 45.7 Å². The molecule has 0 unspecified atom stereocenters. The molecule has 7 nitrogen and oxygen atoms in total. The summed E-state index contributed by atoms with van der Waals surface area (Å²) in [6, 6.07) is 15.5. The molecule has 0 fully saturated rings. The highest BCUT2D eigenvalue weighted by atomic mass is 35.5. The number of rotatable bonds is 12. The second-order valence-corrected chi connectivity index (χ2v) is 10.1. The Morgan fingerprint density at radius 3 is 2.86 bits per heavy atom. The number of hydrogen-bond acceptors (Lipinski definition) is 7. The highest BCUT2D eigenvalue weighted by Gasteiger charge is 2.15. The highest BCUT2D eigenvalue weighted by Crippen LogP contribution is 2.25. The summed E-state index contributed by atoms with van der Waals surface area (Å²) in [5.41, 5.74) is 2.86. The van der Waals surface area contributed by atoms with Gasteiger partial charge in [-0.15, -0.1) is 28.1 Å².